The summed E-state index contributed by atoms with van der Waals surface area (Å²) in [6.07, 6.45) is 0.0501. The van der Waals surface area contributed by atoms with Crippen molar-refractivity contribution in [1.82, 2.24) is 5.32 Å². The summed E-state index contributed by atoms with van der Waals surface area (Å²) in [5.41, 5.74) is 0. The molecule has 0 heterocycles. The number of ether oxygens (including phenoxy) is 2. The molecule has 0 aromatic carbocycles. The van der Waals surface area contributed by atoms with Gasteiger partial charge in [0, 0.05) is 29.7 Å². The number of methoxy groups -OCH3 is 2. The van der Waals surface area contributed by atoms with Gasteiger partial charge in [0.25, 0.3) is 0 Å². The molecule has 100 valence electrons. The largest absolute Gasteiger partial charge is 0.469 e. The molecule has 7 heteroatoms. The van der Waals surface area contributed by atoms with Crippen molar-refractivity contribution >= 4 is 22.7 Å². The van der Waals surface area contributed by atoms with Gasteiger partial charge in [-0.3, -0.25) is 13.8 Å². The van der Waals surface area contributed by atoms with Gasteiger partial charge in [-0.05, 0) is 0 Å². The van der Waals surface area contributed by atoms with Crippen molar-refractivity contribution in [3.8, 4) is 0 Å². The third kappa shape index (κ3) is 7.87. The van der Waals surface area contributed by atoms with Crippen LogP contribution in [-0.2, 0) is 29.9 Å². The Balaban J connectivity index is 3.90. The van der Waals surface area contributed by atoms with Crippen LogP contribution in [0.1, 0.15) is 13.3 Å². The van der Waals surface area contributed by atoms with E-state index in [9.17, 15) is 13.8 Å². The van der Waals surface area contributed by atoms with Gasteiger partial charge in [0.1, 0.15) is 5.75 Å². The smallest absolute Gasteiger partial charge is 0.306 e. The molecule has 0 aliphatic rings. The van der Waals surface area contributed by atoms with Crippen molar-refractivity contribution in [2.24, 2.45) is 0 Å². The zero-order valence-corrected chi connectivity index (χ0v) is 11.2. The lowest BCUT2D eigenvalue weighted by Gasteiger charge is -2.10. The van der Waals surface area contributed by atoms with Gasteiger partial charge in [-0.25, -0.2) is 0 Å². The van der Waals surface area contributed by atoms with Crippen molar-refractivity contribution in [1.29, 1.82) is 0 Å². The lowest BCUT2D eigenvalue weighted by molar-refractivity contribution is -0.140. The maximum Gasteiger partial charge on any atom is 0.306 e. The Morgan fingerprint density at radius 2 is 2.00 bits per heavy atom. The van der Waals surface area contributed by atoms with Gasteiger partial charge < -0.3 is 14.8 Å². The number of carbonyl (C=O) groups excluding carboxylic acids is 2. The lowest BCUT2D eigenvalue weighted by atomic mass is 10.3. The van der Waals surface area contributed by atoms with Gasteiger partial charge in [-0.1, -0.05) is 6.92 Å². The second kappa shape index (κ2) is 9.12. The molecule has 0 fully saturated rings. The molecular formula is C10H19NO5S. The van der Waals surface area contributed by atoms with Crippen LogP contribution in [0.4, 0.5) is 0 Å². The molecule has 2 atom stereocenters. The van der Waals surface area contributed by atoms with Gasteiger partial charge in [0.15, 0.2) is 0 Å². The maximum absolute atomic E-state index is 11.6. The van der Waals surface area contributed by atoms with Crippen LogP contribution in [0.15, 0.2) is 0 Å². The highest BCUT2D eigenvalue weighted by molar-refractivity contribution is 7.86. The average molecular weight is 265 g/mol. The van der Waals surface area contributed by atoms with E-state index in [0.29, 0.717) is 13.2 Å². The summed E-state index contributed by atoms with van der Waals surface area (Å²) in [5.74, 6) is -0.843. The third-order valence-electron chi connectivity index (χ3n) is 2.03. The second-order valence-corrected chi connectivity index (χ2v) is 5.31. The quantitative estimate of drug-likeness (QED) is 0.470. The minimum atomic E-state index is -1.38. The van der Waals surface area contributed by atoms with Crippen molar-refractivity contribution in [2.45, 2.75) is 18.6 Å². The molecule has 1 amide bonds. The molecular weight excluding hydrogens is 246 g/mol. The zero-order chi connectivity index (χ0) is 13.3. The minimum absolute atomic E-state index is 0.0501. The zero-order valence-electron chi connectivity index (χ0n) is 10.4. The van der Waals surface area contributed by atoms with Crippen LogP contribution in [0.5, 0.6) is 0 Å². The second-order valence-electron chi connectivity index (χ2n) is 3.46. The molecule has 0 saturated heterocycles. The van der Waals surface area contributed by atoms with Crippen LogP contribution in [-0.4, -0.2) is 54.5 Å². The number of hydrogen-bond acceptors (Lipinski definition) is 5. The van der Waals surface area contributed by atoms with Crippen molar-refractivity contribution in [2.75, 3.05) is 33.1 Å². The monoisotopic (exact) mass is 265 g/mol. The summed E-state index contributed by atoms with van der Waals surface area (Å²) in [5, 5.41) is 2.17. The molecule has 0 aromatic heterocycles. The number of hydrogen-bond donors (Lipinski definition) is 1. The van der Waals surface area contributed by atoms with E-state index in [2.05, 4.69) is 10.1 Å². The van der Waals surface area contributed by atoms with Gasteiger partial charge in [0.05, 0.1) is 20.1 Å². The minimum Gasteiger partial charge on any atom is -0.469 e. The first-order chi connectivity index (χ1) is 8.01. The SMILES string of the molecule is COCCNC(=O)CS(=O)C(C)CC(=O)OC. The molecule has 0 aliphatic carbocycles. The highest BCUT2D eigenvalue weighted by Crippen LogP contribution is 2.03. The fraction of sp³-hybridized carbons (Fsp3) is 0.800. The van der Waals surface area contributed by atoms with Gasteiger partial charge in [-0.15, -0.1) is 0 Å². The van der Waals surface area contributed by atoms with Crippen LogP contribution in [0.3, 0.4) is 0 Å². The Labute approximate surface area is 103 Å². The fourth-order valence-corrected chi connectivity index (χ4v) is 1.99. The molecule has 0 saturated carbocycles. The van der Waals surface area contributed by atoms with Crippen LogP contribution < -0.4 is 5.32 Å². The van der Waals surface area contributed by atoms with E-state index >= 15 is 0 Å². The standard InChI is InChI=1S/C10H19NO5S/c1-8(6-10(13)16-3)17(14)7-9(12)11-4-5-15-2/h8H,4-7H2,1-3H3,(H,11,12). The predicted molar refractivity (Wildman–Crippen MR) is 64.0 cm³/mol. The number of rotatable bonds is 8. The summed E-state index contributed by atoms with van der Waals surface area (Å²) >= 11 is 0. The third-order valence-corrected chi connectivity index (χ3v) is 3.64. The average Bonchev–Trinajstić information content (AvgIpc) is 2.28. The summed E-state index contributed by atoms with van der Waals surface area (Å²) < 4.78 is 20.9. The molecule has 2 unspecified atom stereocenters. The van der Waals surface area contributed by atoms with E-state index in [-0.39, 0.29) is 18.1 Å². The normalized spacial score (nSPS) is 13.8. The van der Waals surface area contributed by atoms with Gasteiger partial charge in [-0.2, -0.15) is 0 Å². The summed E-state index contributed by atoms with van der Waals surface area (Å²) in [6, 6.07) is 0. The molecule has 6 nitrogen and oxygen atoms in total. The first kappa shape index (κ1) is 16.1. The van der Waals surface area contributed by atoms with Gasteiger partial charge in [0.2, 0.25) is 5.91 Å². The maximum atomic E-state index is 11.6. The highest BCUT2D eigenvalue weighted by Gasteiger charge is 2.18. The van der Waals surface area contributed by atoms with Crippen molar-refractivity contribution in [3.05, 3.63) is 0 Å². The summed E-state index contributed by atoms with van der Waals surface area (Å²) in [4.78, 5) is 22.3. The molecule has 1 N–H and O–H groups in total. The lowest BCUT2D eigenvalue weighted by Crippen LogP contribution is -2.33. The van der Waals surface area contributed by atoms with Crippen molar-refractivity contribution in [3.63, 3.8) is 0 Å². The molecule has 0 spiro atoms. The number of esters is 1. The Kier molecular flexibility index (Phi) is 8.61. The number of nitrogens with one attached hydrogen (secondary N) is 1. The topological polar surface area (TPSA) is 81.7 Å². The predicted octanol–water partition coefficient (Wildman–Crippen LogP) is -0.551. The fourth-order valence-electron chi connectivity index (χ4n) is 1.03. The first-order valence-corrected chi connectivity index (χ1v) is 6.59. The van der Waals surface area contributed by atoms with Gasteiger partial charge >= 0.3 is 5.97 Å². The molecule has 0 bridgehead atoms. The Morgan fingerprint density at radius 1 is 1.35 bits per heavy atom. The Hall–Kier alpha value is -0.950. The molecule has 17 heavy (non-hydrogen) atoms. The van der Waals surface area contributed by atoms with E-state index in [1.54, 1.807) is 6.92 Å². The van der Waals surface area contributed by atoms with E-state index in [1.165, 1.54) is 14.2 Å². The van der Waals surface area contributed by atoms with E-state index in [1.807, 2.05) is 0 Å². The Bertz CT molecular complexity index is 282. The van der Waals surface area contributed by atoms with E-state index in [0.717, 1.165) is 0 Å². The van der Waals surface area contributed by atoms with Crippen LogP contribution >= 0.6 is 0 Å². The van der Waals surface area contributed by atoms with E-state index in [4.69, 9.17) is 4.74 Å². The number of amides is 1. The van der Waals surface area contributed by atoms with Crippen LogP contribution in [0, 0.1) is 0 Å². The summed E-state index contributed by atoms with van der Waals surface area (Å²) in [7, 11) is 1.43. The summed E-state index contributed by atoms with van der Waals surface area (Å²) in [6.45, 7) is 2.45. The van der Waals surface area contributed by atoms with E-state index < -0.39 is 22.0 Å². The molecule has 0 radical (unpaired) electrons. The molecule has 0 aliphatic heterocycles. The molecule has 0 rings (SSSR count). The van der Waals surface area contributed by atoms with Crippen LogP contribution in [0.25, 0.3) is 0 Å². The molecule has 0 aromatic rings. The highest BCUT2D eigenvalue weighted by atomic mass is 32.2. The Morgan fingerprint density at radius 3 is 2.53 bits per heavy atom. The van der Waals surface area contributed by atoms with Crippen molar-refractivity contribution < 1.29 is 23.3 Å². The first-order valence-electron chi connectivity index (χ1n) is 5.20. The van der Waals surface area contributed by atoms with Crippen LogP contribution in [0.2, 0.25) is 0 Å². The number of carbonyl (C=O) groups is 2.